The Labute approximate surface area is 60.3 Å². The highest BCUT2D eigenvalue weighted by molar-refractivity contribution is 5.33. The predicted octanol–water partition coefficient (Wildman–Crippen LogP) is 1.43. The molecule has 2 fully saturated rings. The molecule has 0 saturated carbocycles. The van der Waals surface area contributed by atoms with E-state index in [1.54, 1.807) is 0 Å². The zero-order valence-electron chi connectivity index (χ0n) is 5.70. The molecule has 3 unspecified atom stereocenters. The maximum Gasteiger partial charge on any atom is 0.0521 e. The Morgan fingerprint density at radius 2 is 1.90 bits per heavy atom. The molecule has 10 heavy (non-hydrogen) atoms. The van der Waals surface area contributed by atoms with Gasteiger partial charge in [-0.3, -0.25) is 4.90 Å². The van der Waals surface area contributed by atoms with Crippen LogP contribution in [0.5, 0.6) is 0 Å². The average molecular weight is 131 g/mol. The van der Waals surface area contributed by atoms with Crippen LogP contribution >= 0.6 is 0 Å². The quantitative estimate of drug-likeness (QED) is 0.521. The summed E-state index contributed by atoms with van der Waals surface area (Å²) in [4.78, 5) is 2.50. The van der Waals surface area contributed by atoms with Crippen LogP contribution in [0.25, 0.3) is 0 Å². The Bertz CT molecular complexity index is 247. The van der Waals surface area contributed by atoms with E-state index in [9.17, 15) is 0 Å². The lowest BCUT2D eigenvalue weighted by Crippen LogP contribution is -1.95. The number of hydrogen-bond donors (Lipinski definition) is 0. The first-order valence-electron chi connectivity index (χ1n) is 3.77. The number of hydrogen-bond acceptors (Lipinski definition) is 1. The first-order valence-corrected chi connectivity index (χ1v) is 3.77. The van der Waals surface area contributed by atoms with Gasteiger partial charge < -0.3 is 0 Å². The zero-order valence-corrected chi connectivity index (χ0v) is 5.70. The minimum Gasteiger partial charge on any atom is -0.287 e. The van der Waals surface area contributed by atoms with Crippen LogP contribution in [-0.2, 0) is 0 Å². The van der Waals surface area contributed by atoms with E-state index in [0.29, 0.717) is 0 Å². The van der Waals surface area contributed by atoms with Crippen molar-refractivity contribution in [2.45, 2.75) is 12.1 Å². The summed E-state index contributed by atoms with van der Waals surface area (Å²) in [6.07, 6.45) is 0. The Morgan fingerprint density at radius 1 is 1.20 bits per heavy atom. The van der Waals surface area contributed by atoms with E-state index in [0.717, 1.165) is 12.1 Å². The van der Waals surface area contributed by atoms with Gasteiger partial charge in [0.05, 0.1) is 6.04 Å². The summed E-state index contributed by atoms with van der Waals surface area (Å²) in [5, 5.41) is 0. The highest BCUT2D eigenvalue weighted by atomic mass is 15.5. The van der Waals surface area contributed by atoms with Gasteiger partial charge in [0, 0.05) is 12.6 Å². The van der Waals surface area contributed by atoms with Crippen LogP contribution in [0.15, 0.2) is 30.3 Å². The van der Waals surface area contributed by atoms with Gasteiger partial charge in [0.25, 0.3) is 0 Å². The number of nitrogens with zero attached hydrogens (tertiary/aromatic N) is 1. The summed E-state index contributed by atoms with van der Waals surface area (Å²) in [6, 6.07) is 12.5. The topological polar surface area (TPSA) is 3.01 Å². The summed E-state index contributed by atoms with van der Waals surface area (Å²) in [5.74, 6) is 0. The Hall–Kier alpha value is -0.820. The van der Waals surface area contributed by atoms with Gasteiger partial charge in [0.15, 0.2) is 0 Å². The smallest absolute Gasteiger partial charge is 0.0521 e. The summed E-state index contributed by atoms with van der Waals surface area (Å²) < 4.78 is 0. The molecule has 1 aromatic rings. The molecule has 0 spiro atoms. The molecule has 0 aliphatic carbocycles. The second-order valence-electron chi connectivity index (χ2n) is 3.12. The van der Waals surface area contributed by atoms with Crippen LogP contribution in [0.1, 0.15) is 11.6 Å². The van der Waals surface area contributed by atoms with Crippen LogP contribution in [0.3, 0.4) is 0 Å². The highest BCUT2D eigenvalue weighted by Gasteiger charge is 2.62. The predicted molar refractivity (Wildman–Crippen MR) is 39.7 cm³/mol. The summed E-state index contributed by atoms with van der Waals surface area (Å²) in [6.45, 7) is 1.35. The van der Waals surface area contributed by atoms with E-state index < -0.39 is 0 Å². The molecule has 1 aromatic carbocycles. The normalized spacial score (nSPS) is 40.6. The number of fused-ring (bicyclic) bond motifs is 1. The molecule has 50 valence electrons. The van der Waals surface area contributed by atoms with Gasteiger partial charge in [-0.05, 0) is 5.56 Å². The van der Waals surface area contributed by atoms with Crippen molar-refractivity contribution in [2.75, 3.05) is 6.54 Å². The SMILES string of the molecule is c1ccc(C2C3CN32)cc1. The third-order valence-electron chi connectivity index (χ3n) is 2.46. The highest BCUT2D eigenvalue weighted by Crippen LogP contribution is 2.55. The fourth-order valence-electron chi connectivity index (χ4n) is 1.64. The molecular weight excluding hydrogens is 122 g/mol. The Kier molecular flexibility index (Phi) is 0.702. The van der Waals surface area contributed by atoms with Crippen molar-refractivity contribution in [3.8, 4) is 0 Å². The summed E-state index contributed by atoms with van der Waals surface area (Å²) in [7, 11) is 0. The van der Waals surface area contributed by atoms with Crippen molar-refractivity contribution in [2.24, 2.45) is 0 Å². The minimum absolute atomic E-state index is 0.807. The fourth-order valence-corrected chi connectivity index (χ4v) is 1.64. The Morgan fingerprint density at radius 3 is 2.40 bits per heavy atom. The van der Waals surface area contributed by atoms with Crippen LogP contribution in [0.2, 0.25) is 0 Å². The molecule has 1 heteroatoms. The average Bonchev–Trinajstić information content (AvgIpc) is 2.75. The molecule has 2 saturated heterocycles. The third kappa shape index (κ3) is 0.510. The standard InChI is InChI=1S/C9H9N/c1-2-4-7(5-3-1)9-8-6-10(8)9/h1-5,8-9H,6H2. The van der Waals surface area contributed by atoms with Gasteiger partial charge in [-0.2, -0.15) is 0 Å². The second-order valence-corrected chi connectivity index (χ2v) is 3.12. The van der Waals surface area contributed by atoms with Crippen molar-refractivity contribution in [1.82, 2.24) is 4.90 Å². The molecular formula is C9H9N. The molecule has 3 atom stereocenters. The molecule has 0 amide bonds. The van der Waals surface area contributed by atoms with Gasteiger partial charge in [0.1, 0.15) is 0 Å². The van der Waals surface area contributed by atoms with Crippen LogP contribution in [0, 0.1) is 0 Å². The third-order valence-corrected chi connectivity index (χ3v) is 2.46. The second kappa shape index (κ2) is 1.43. The lowest BCUT2D eigenvalue weighted by molar-refractivity contribution is 0.662. The monoisotopic (exact) mass is 131 g/mol. The molecule has 2 aliphatic rings. The van der Waals surface area contributed by atoms with Crippen molar-refractivity contribution in [3.63, 3.8) is 0 Å². The van der Waals surface area contributed by atoms with Crippen LogP contribution < -0.4 is 0 Å². The van der Waals surface area contributed by atoms with Gasteiger partial charge in [-0.15, -0.1) is 0 Å². The molecule has 2 aliphatic heterocycles. The van der Waals surface area contributed by atoms with E-state index in [-0.39, 0.29) is 0 Å². The van der Waals surface area contributed by atoms with Gasteiger partial charge in [0.2, 0.25) is 0 Å². The molecule has 3 rings (SSSR count). The fraction of sp³-hybridized carbons (Fsp3) is 0.333. The van der Waals surface area contributed by atoms with Gasteiger partial charge >= 0.3 is 0 Å². The van der Waals surface area contributed by atoms with Crippen molar-refractivity contribution in [1.29, 1.82) is 0 Å². The molecule has 0 bridgehead atoms. The lowest BCUT2D eigenvalue weighted by Gasteiger charge is -2.00. The molecule has 2 heterocycles. The summed E-state index contributed by atoms with van der Waals surface area (Å²) in [5.41, 5.74) is 1.50. The maximum atomic E-state index is 2.50. The molecule has 0 aromatic heterocycles. The van der Waals surface area contributed by atoms with Crippen LogP contribution in [-0.4, -0.2) is 17.5 Å². The van der Waals surface area contributed by atoms with E-state index in [1.807, 2.05) is 0 Å². The first-order chi connectivity index (χ1) is 4.97. The molecule has 0 radical (unpaired) electrons. The van der Waals surface area contributed by atoms with Crippen molar-refractivity contribution in [3.05, 3.63) is 35.9 Å². The van der Waals surface area contributed by atoms with Gasteiger partial charge in [-0.25, -0.2) is 0 Å². The molecule has 1 nitrogen and oxygen atoms in total. The van der Waals surface area contributed by atoms with E-state index in [2.05, 4.69) is 35.2 Å². The van der Waals surface area contributed by atoms with E-state index in [1.165, 1.54) is 12.1 Å². The van der Waals surface area contributed by atoms with Crippen molar-refractivity contribution >= 4 is 0 Å². The largest absolute Gasteiger partial charge is 0.287 e. The van der Waals surface area contributed by atoms with E-state index in [4.69, 9.17) is 0 Å². The number of rotatable bonds is 1. The molecule has 0 N–H and O–H groups in total. The minimum atomic E-state index is 0.807. The zero-order chi connectivity index (χ0) is 6.55. The van der Waals surface area contributed by atoms with Crippen molar-refractivity contribution < 1.29 is 0 Å². The summed E-state index contributed by atoms with van der Waals surface area (Å²) >= 11 is 0. The van der Waals surface area contributed by atoms with E-state index >= 15 is 0 Å². The van der Waals surface area contributed by atoms with Gasteiger partial charge in [-0.1, -0.05) is 30.3 Å². The number of benzene rings is 1. The Balaban J connectivity index is 1.94. The van der Waals surface area contributed by atoms with Crippen LogP contribution in [0.4, 0.5) is 0 Å². The first kappa shape index (κ1) is 4.91. The maximum absolute atomic E-state index is 2.50. The lowest BCUT2D eigenvalue weighted by atomic mass is 10.1.